The van der Waals surface area contributed by atoms with E-state index in [4.69, 9.17) is 9.47 Å². The molecule has 1 fully saturated rings. The SMILES string of the molecule is COc1ccccc1C(=O)N1CCOC(CN(CC(C)C)C(=O)c2ccccc2)C1. The standard InChI is InChI=1S/C24H30N2O4/c1-18(2)15-26(23(27)19-9-5-4-6-10-19)17-20-16-25(13-14-30-20)24(28)21-11-7-8-12-22(21)29-3/h4-12,18,20H,13-17H2,1-3H3. The molecular formula is C24H30N2O4. The van der Waals surface area contributed by atoms with Crippen molar-refractivity contribution in [2.24, 2.45) is 5.92 Å². The van der Waals surface area contributed by atoms with Gasteiger partial charge in [-0.25, -0.2) is 0 Å². The number of ether oxygens (including phenoxy) is 2. The Labute approximate surface area is 178 Å². The molecule has 1 saturated heterocycles. The van der Waals surface area contributed by atoms with Gasteiger partial charge in [-0.15, -0.1) is 0 Å². The monoisotopic (exact) mass is 410 g/mol. The van der Waals surface area contributed by atoms with Crippen molar-refractivity contribution in [3.8, 4) is 5.75 Å². The summed E-state index contributed by atoms with van der Waals surface area (Å²) in [5, 5.41) is 0. The number of amides is 2. The van der Waals surface area contributed by atoms with Gasteiger partial charge in [0, 0.05) is 31.7 Å². The van der Waals surface area contributed by atoms with Crippen LogP contribution in [0.3, 0.4) is 0 Å². The third-order valence-corrected chi connectivity index (χ3v) is 5.08. The lowest BCUT2D eigenvalue weighted by Crippen LogP contribution is -2.51. The third kappa shape index (κ3) is 5.39. The van der Waals surface area contributed by atoms with Gasteiger partial charge in [0.2, 0.25) is 0 Å². The molecule has 2 aromatic carbocycles. The highest BCUT2D eigenvalue weighted by atomic mass is 16.5. The first kappa shape index (κ1) is 21.8. The number of methoxy groups -OCH3 is 1. The Morgan fingerprint density at radius 3 is 2.53 bits per heavy atom. The van der Waals surface area contributed by atoms with Gasteiger partial charge in [0.05, 0.1) is 25.4 Å². The number of morpholine rings is 1. The number of rotatable bonds is 7. The molecule has 1 heterocycles. The number of benzene rings is 2. The Morgan fingerprint density at radius 1 is 1.13 bits per heavy atom. The first-order valence-electron chi connectivity index (χ1n) is 10.4. The minimum absolute atomic E-state index is 0.0129. The van der Waals surface area contributed by atoms with E-state index in [2.05, 4.69) is 13.8 Å². The maximum atomic E-state index is 13.1. The van der Waals surface area contributed by atoms with Crippen LogP contribution < -0.4 is 4.74 Å². The average molecular weight is 411 g/mol. The lowest BCUT2D eigenvalue weighted by molar-refractivity contribution is -0.0340. The predicted molar refractivity (Wildman–Crippen MR) is 116 cm³/mol. The van der Waals surface area contributed by atoms with Gasteiger partial charge in [-0.1, -0.05) is 44.2 Å². The molecule has 2 amide bonds. The van der Waals surface area contributed by atoms with Crippen LogP contribution in [0, 0.1) is 5.92 Å². The molecule has 1 unspecified atom stereocenters. The van der Waals surface area contributed by atoms with Crippen molar-refractivity contribution in [3.63, 3.8) is 0 Å². The van der Waals surface area contributed by atoms with Crippen LogP contribution in [0.15, 0.2) is 54.6 Å². The normalized spacial score (nSPS) is 16.4. The Balaban J connectivity index is 1.71. The van der Waals surface area contributed by atoms with Crippen LogP contribution in [0.2, 0.25) is 0 Å². The van der Waals surface area contributed by atoms with Crippen molar-refractivity contribution in [2.75, 3.05) is 39.9 Å². The summed E-state index contributed by atoms with van der Waals surface area (Å²) in [4.78, 5) is 29.7. The van der Waals surface area contributed by atoms with E-state index in [-0.39, 0.29) is 17.9 Å². The number of para-hydroxylation sites is 1. The Bertz CT molecular complexity index is 853. The molecule has 0 saturated carbocycles. The second-order valence-corrected chi connectivity index (χ2v) is 7.91. The van der Waals surface area contributed by atoms with Gasteiger partial charge in [0.1, 0.15) is 5.75 Å². The summed E-state index contributed by atoms with van der Waals surface area (Å²) < 4.78 is 11.3. The first-order valence-corrected chi connectivity index (χ1v) is 10.4. The van der Waals surface area contributed by atoms with E-state index in [1.54, 1.807) is 24.1 Å². The van der Waals surface area contributed by atoms with Crippen molar-refractivity contribution in [1.82, 2.24) is 9.80 Å². The van der Waals surface area contributed by atoms with Crippen LogP contribution >= 0.6 is 0 Å². The fourth-order valence-electron chi connectivity index (χ4n) is 3.70. The fraction of sp³-hybridized carbons (Fsp3) is 0.417. The molecule has 0 radical (unpaired) electrons. The summed E-state index contributed by atoms with van der Waals surface area (Å²) in [5.74, 6) is 0.797. The number of carbonyl (C=O) groups is 2. The van der Waals surface area contributed by atoms with Crippen LogP contribution in [0.4, 0.5) is 0 Å². The van der Waals surface area contributed by atoms with Gasteiger partial charge in [-0.2, -0.15) is 0 Å². The minimum atomic E-state index is -0.233. The highest BCUT2D eigenvalue weighted by molar-refractivity contribution is 5.97. The Kier molecular flexibility index (Phi) is 7.46. The van der Waals surface area contributed by atoms with Crippen LogP contribution in [0.5, 0.6) is 5.75 Å². The van der Waals surface area contributed by atoms with Gasteiger partial charge in [0.15, 0.2) is 0 Å². The van der Waals surface area contributed by atoms with Gasteiger partial charge in [-0.05, 0) is 30.2 Å². The summed E-state index contributed by atoms with van der Waals surface area (Å²) in [7, 11) is 1.56. The lowest BCUT2D eigenvalue weighted by atomic mass is 10.1. The van der Waals surface area contributed by atoms with Crippen molar-refractivity contribution in [3.05, 3.63) is 65.7 Å². The maximum Gasteiger partial charge on any atom is 0.257 e. The molecular weight excluding hydrogens is 380 g/mol. The van der Waals surface area contributed by atoms with E-state index in [0.29, 0.717) is 55.6 Å². The largest absolute Gasteiger partial charge is 0.496 e. The number of carbonyl (C=O) groups excluding carboxylic acids is 2. The molecule has 2 aromatic rings. The number of nitrogens with zero attached hydrogens (tertiary/aromatic N) is 2. The highest BCUT2D eigenvalue weighted by Gasteiger charge is 2.29. The molecule has 1 atom stereocenters. The molecule has 0 spiro atoms. The van der Waals surface area contributed by atoms with Gasteiger partial charge < -0.3 is 19.3 Å². The zero-order valence-electron chi connectivity index (χ0n) is 17.9. The van der Waals surface area contributed by atoms with Crippen molar-refractivity contribution in [2.45, 2.75) is 20.0 Å². The third-order valence-electron chi connectivity index (χ3n) is 5.08. The van der Waals surface area contributed by atoms with Crippen LogP contribution in [0.25, 0.3) is 0 Å². The Hall–Kier alpha value is -2.86. The molecule has 0 aliphatic carbocycles. The molecule has 6 heteroatoms. The Morgan fingerprint density at radius 2 is 1.83 bits per heavy atom. The van der Waals surface area contributed by atoms with Gasteiger partial charge in [-0.3, -0.25) is 9.59 Å². The molecule has 1 aliphatic rings. The van der Waals surface area contributed by atoms with Gasteiger partial charge in [0.25, 0.3) is 11.8 Å². The summed E-state index contributed by atoms with van der Waals surface area (Å²) in [6, 6.07) is 16.5. The molecule has 3 rings (SSSR count). The number of hydrogen-bond donors (Lipinski definition) is 0. The zero-order chi connectivity index (χ0) is 21.5. The molecule has 1 aliphatic heterocycles. The topological polar surface area (TPSA) is 59.1 Å². The summed E-state index contributed by atoms with van der Waals surface area (Å²) in [5.41, 5.74) is 1.20. The quantitative estimate of drug-likeness (QED) is 0.703. The van der Waals surface area contributed by atoms with Crippen LogP contribution in [-0.4, -0.2) is 67.6 Å². The average Bonchev–Trinajstić information content (AvgIpc) is 2.78. The van der Waals surface area contributed by atoms with Crippen LogP contribution in [-0.2, 0) is 4.74 Å². The van der Waals surface area contributed by atoms with E-state index >= 15 is 0 Å². The highest BCUT2D eigenvalue weighted by Crippen LogP contribution is 2.21. The second kappa shape index (κ2) is 10.3. The van der Waals surface area contributed by atoms with Gasteiger partial charge >= 0.3 is 0 Å². The van der Waals surface area contributed by atoms with E-state index in [1.165, 1.54) is 0 Å². The molecule has 160 valence electrons. The van der Waals surface area contributed by atoms with E-state index in [1.807, 2.05) is 47.4 Å². The molecule has 0 N–H and O–H groups in total. The summed E-state index contributed by atoms with van der Waals surface area (Å²) >= 11 is 0. The fourth-order valence-corrected chi connectivity index (χ4v) is 3.70. The summed E-state index contributed by atoms with van der Waals surface area (Å²) in [6.07, 6.45) is -0.233. The molecule has 6 nitrogen and oxygen atoms in total. The maximum absolute atomic E-state index is 13.1. The molecule has 0 aromatic heterocycles. The van der Waals surface area contributed by atoms with Crippen molar-refractivity contribution >= 4 is 11.8 Å². The smallest absolute Gasteiger partial charge is 0.257 e. The second-order valence-electron chi connectivity index (χ2n) is 7.91. The number of hydrogen-bond acceptors (Lipinski definition) is 4. The van der Waals surface area contributed by atoms with Crippen molar-refractivity contribution < 1.29 is 19.1 Å². The minimum Gasteiger partial charge on any atom is -0.496 e. The lowest BCUT2D eigenvalue weighted by Gasteiger charge is -2.36. The molecule has 0 bridgehead atoms. The predicted octanol–water partition coefficient (Wildman–Crippen LogP) is 3.33. The van der Waals surface area contributed by atoms with E-state index in [0.717, 1.165) is 0 Å². The van der Waals surface area contributed by atoms with Crippen LogP contribution in [0.1, 0.15) is 34.6 Å². The first-order chi connectivity index (χ1) is 14.5. The summed E-state index contributed by atoms with van der Waals surface area (Å²) in [6.45, 7) is 6.66. The van der Waals surface area contributed by atoms with E-state index in [9.17, 15) is 9.59 Å². The van der Waals surface area contributed by atoms with Crippen molar-refractivity contribution in [1.29, 1.82) is 0 Å². The zero-order valence-corrected chi connectivity index (χ0v) is 17.9. The van der Waals surface area contributed by atoms with E-state index < -0.39 is 0 Å². The molecule has 30 heavy (non-hydrogen) atoms.